The van der Waals surface area contributed by atoms with Crippen molar-refractivity contribution in [2.75, 3.05) is 28.6 Å². The third-order valence-corrected chi connectivity index (χ3v) is 4.37. The first kappa shape index (κ1) is 18.0. The van der Waals surface area contributed by atoms with Gasteiger partial charge in [-0.3, -0.25) is 4.79 Å². The van der Waals surface area contributed by atoms with E-state index in [0.717, 1.165) is 37.2 Å². The molecule has 0 bridgehead atoms. The monoisotopic (exact) mass is 353 g/mol. The quantitative estimate of drug-likeness (QED) is 0.699. The SMILES string of the molecule is CCCN(CCC)c1ccc(N/C=C2/C(=O)Nc3ccccc32)cc1F. The molecule has 0 atom stereocenters. The van der Waals surface area contributed by atoms with Gasteiger partial charge in [-0.25, -0.2) is 4.39 Å². The van der Waals surface area contributed by atoms with Crippen LogP contribution in [0.25, 0.3) is 5.57 Å². The van der Waals surface area contributed by atoms with Gasteiger partial charge in [0.15, 0.2) is 0 Å². The van der Waals surface area contributed by atoms with Gasteiger partial charge in [0, 0.05) is 36.2 Å². The van der Waals surface area contributed by atoms with Gasteiger partial charge >= 0.3 is 0 Å². The highest BCUT2D eigenvalue weighted by molar-refractivity contribution is 6.31. The molecule has 1 aliphatic heterocycles. The summed E-state index contributed by atoms with van der Waals surface area (Å²) in [5.41, 5.74) is 3.42. The molecule has 1 amide bonds. The fourth-order valence-electron chi connectivity index (χ4n) is 3.18. The average molecular weight is 353 g/mol. The van der Waals surface area contributed by atoms with Gasteiger partial charge in [-0.05, 0) is 37.1 Å². The molecule has 1 heterocycles. The van der Waals surface area contributed by atoms with Gasteiger partial charge in [0.2, 0.25) is 0 Å². The van der Waals surface area contributed by atoms with Crippen LogP contribution in [0.3, 0.4) is 0 Å². The Labute approximate surface area is 153 Å². The Kier molecular flexibility index (Phi) is 5.56. The first-order chi connectivity index (χ1) is 12.6. The Morgan fingerprint density at radius 2 is 1.85 bits per heavy atom. The number of rotatable bonds is 7. The summed E-state index contributed by atoms with van der Waals surface area (Å²) in [6.45, 7) is 5.84. The molecule has 5 heteroatoms. The second-order valence-corrected chi connectivity index (χ2v) is 6.36. The zero-order valence-corrected chi connectivity index (χ0v) is 15.2. The van der Waals surface area contributed by atoms with E-state index < -0.39 is 0 Å². The number of hydrogen-bond acceptors (Lipinski definition) is 3. The normalized spacial score (nSPS) is 14.3. The third-order valence-electron chi connectivity index (χ3n) is 4.37. The molecular formula is C21H24FN3O. The number of para-hydroxylation sites is 1. The van der Waals surface area contributed by atoms with E-state index in [2.05, 4.69) is 29.4 Å². The maximum absolute atomic E-state index is 14.6. The molecule has 0 spiro atoms. The van der Waals surface area contributed by atoms with Crippen LogP contribution in [-0.4, -0.2) is 19.0 Å². The van der Waals surface area contributed by atoms with Gasteiger partial charge in [0.05, 0.1) is 11.3 Å². The number of nitrogens with zero attached hydrogens (tertiary/aromatic N) is 1. The van der Waals surface area contributed by atoms with Crippen LogP contribution in [0.1, 0.15) is 32.3 Å². The van der Waals surface area contributed by atoms with Crippen molar-refractivity contribution in [3.63, 3.8) is 0 Å². The van der Waals surface area contributed by atoms with E-state index in [1.807, 2.05) is 30.3 Å². The van der Waals surface area contributed by atoms with Crippen LogP contribution in [0.4, 0.5) is 21.5 Å². The number of nitrogens with one attached hydrogen (secondary N) is 2. The molecular weight excluding hydrogens is 329 g/mol. The van der Waals surface area contributed by atoms with Gasteiger partial charge in [0.25, 0.3) is 5.91 Å². The minimum Gasteiger partial charge on any atom is -0.369 e. The lowest BCUT2D eigenvalue weighted by molar-refractivity contribution is -0.110. The predicted octanol–water partition coefficient (Wildman–Crippen LogP) is 4.86. The largest absolute Gasteiger partial charge is 0.369 e. The molecule has 0 unspecified atom stereocenters. The second kappa shape index (κ2) is 8.04. The maximum Gasteiger partial charge on any atom is 0.257 e. The minimum absolute atomic E-state index is 0.159. The zero-order chi connectivity index (χ0) is 18.5. The van der Waals surface area contributed by atoms with Crippen molar-refractivity contribution in [2.24, 2.45) is 0 Å². The van der Waals surface area contributed by atoms with Crippen molar-refractivity contribution in [3.8, 4) is 0 Å². The summed E-state index contributed by atoms with van der Waals surface area (Å²) in [6, 6.07) is 12.6. The van der Waals surface area contributed by atoms with Gasteiger partial charge in [-0.15, -0.1) is 0 Å². The molecule has 2 aromatic carbocycles. The van der Waals surface area contributed by atoms with Crippen LogP contribution in [0.5, 0.6) is 0 Å². The first-order valence-corrected chi connectivity index (χ1v) is 9.06. The molecule has 136 valence electrons. The fraction of sp³-hybridized carbons (Fsp3) is 0.286. The molecule has 2 aromatic rings. The van der Waals surface area contributed by atoms with Crippen molar-refractivity contribution < 1.29 is 9.18 Å². The maximum atomic E-state index is 14.6. The summed E-state index contributed by atoms with van der Waals surface area (Å²) in [5.74, 6) is -0.417. The molecule has 0 fully saturated rings. The van der Waals surface area contributed by atoms with Crippen molar-refractivity contribution in [2.45, 2.75) is 26.7 Å². The molecule has 0 radical (unpaired) electrons. The summed E-state index contributed by atoms with van der Waals surface area (Å²) in [6.07, 6.45) is 3.57. The van der Waals surface area contributed by atoms with Crippen LogP contribution < -0.4 is 15.5 Å². The van der Waals surface area contributed by atoms with Crippen LogP contribution >= 0.6 is 0 Å². The summed E-state index contributed by atoms with van der Waals surface area (Å²) >= 11 is 0. The Hall–Kier alpha value is -2.82. The molecule has 0 saturated heterocycles. The summed E-state index contributed by atoms with van der Waals surface area (Å²) in [4.78, 5) is 14.2. The number of hydrogen-bond donors (Lipinski definition) is 2. The van der Waals surface area contributed by atoms with Gasteiger partial charge < -0.3 is 15.5 Å². The molecule has 26 heavy (non-hydrogen) atoms. The summed E-state index contributed by atoms with van der Waals surface area (Å²) in [7, 11) is 0. The Morgan fingerprint density at radius 3 is 2.54 bits per heavy atom. The number of fused-ring (bicyclic) bond motifs is 1. The predicted molar refractivity (Wildman–Crippen MR) is 106 cm³/mol. The molecule has 0 saturated carbocycles. The van der Waals surface area contributed by atoms with E-state index >= 15 is 0 Å². The standard InChI is InChI=1S/C21H24FN3O/c1-3-11-25(12-4-2)20-10-9-15(13-18(20)22)23-14-17-16-7-5-6-8-19(16)24-21(17)26/h5-10,13-14,23H,3-4,11-12H2,1-2H3,(H,24,26)/b17-14+. The highest BCUT2D eigenvalue weighted by atomic mass is 19.1. The molecule has 0 aromatic heterocycles. The van der Waals surface area contributed by atoms with E-state index in [4.69, 9.17) is 0 Å². The average Bonchev–Trinajstić information content (AvgIpc) is 2.95. The van der Waals surface area contributed by atoms with Gasteiger partial charge in [-0.1, -0.05) is 32.0 Å². The Morgan fingerprint density at radius 1 is 1.12 bits per heavy atom. The number of carbonyl (C=O) groups is 1. The highest BCUT2D eigenvalue weighted by Crippen LogP contribution is 2.31. The van der Waals surface area contributed by atoms with Crippen LogP contribution in [0.2, 0.25) is 0 Å². The van der Waals surface area contributed by atoms with Crippen LogP contribution in [0, 0.1) is 5.82 Å². The molecule has 2 N–H and O–H groups in total. The summed E-state index contributed by atoms with van der Waals surface area (Å²) in [5, 5.41) is 5.87. The number of benzene rings is 2. The van der Waals surface area contributed by atoms with Gasteiger partial charge in [-0.2, -0.15) is 0 Å². The summed E-state index contributed by atoms with van der Waals surface area (Å²) < 4.78 is 14.6. The van der Waals surface area contributed by atoms with Crippen molar-refractivity contribution in [1.29, 1.82) is 0 Å². The van der Waals surface area contributed by atoms with Crippen molar-refractivity contribution >= 4 is 28.5 Å². The lowest BCUT2D eigenvalue weighted by Crippen LogP contribution is -2.25. The topological polar surface area (TPSA) is 44.4 Å². The second-order valence-electron chi connectivity index (χ2n) is 6.36. The number of carbonyl (C=O) groups excluding carboxylic acids is 1. The van der Waals surface area contributed by atoms with E-state index in [1.54, 1.807) is 12.3 Å². The molecule has 3 rings (SSSR count). The molecule has 4 nitrogen and oxygen atoms in total. The number of amides is 1. The van der Waals surface area contributed by atoms with E-state index in [0.29, 0.717) is 16.9 Å². The van der Waals surface area contributed by atoms with E-state index in [1.165, 1.54) is 6.07 Å². The Bertz CT molecular complexity index is 826. The van der Waals surface area contributed by atoms with Crippen molar-refractivity contribution in [1.82, 2.24) is 0 Å². The van der Waals surface area contributed by atoms with E-state index in [9.17, 15) is 9.18 Å². The van der Waals surface area contributed by atoms with E-state index in [-0.39, 0.29) is 11.7 Å². The molecule has 0 aliphatic carbocycles. The van der Waals surface area contributed by atoms with Crippen molar-refractivity contribution in [3.05, 3.63) is 60.0 Å². The van der Waals surface area contributed by atoms with Crippen LogP contribution in [0.15, 0.2) is 48.7 Å². The lowest BCUT2D eigenvalue weighted by atomic mass is 10.1. The lowest BCUT2D eigenvalue weighted by Gasteiger charge is -2.24. The zero-order valence-electron chi connectivity index (χ0n) is 15.2. The minimum atomic E-state index is -0.258. The highest BCUT2D eigenvalue weighted by Gasteiger charge is 2.23. The van der Waals surface area contributed by atoms with Gasteiger partial charge in [0.1, 0.15) is 5.82 Å². The number of anilines is 3. The Balaban J connectivity index is 1.79. The third kappa shape index (κ3) is 3.72. The van der Waals surface area contributed by atoms with Crippen LogP contribution in [-0.2, 0) is 4.79 Å². The first-order valence-electron chi connectivity index (χ1n) is 9.06. The number of halogens is 1. The molecule has 1 aliphatic rings. The smallest absolute Gasteiger partial charge is 0.257 e. The fourth-order valence-corrected chi connectivity index (χ4v) is 3.18.